The number of ether oxygens (including phenoxy) is 1. The molecule has 0 N–H and O–H groups in total. The summed E-state index contributed by atoms with van der Waals surface area (Å²) in [5, 5.41) is 12.0. The number of para-hydroxylation sites is 1. The quantitative estimate of drug-likeness (QED) is 0.717. The molecule has 0 saturated heterocycles. The van der Waals surface area contributed by atoms with Gasteiger partial charge in [0.25, 0.3) is 0 Å². The van der Waals surface area contributed by atoms with E-state index in [4.69, 9.17) is 4.74 Å². The maximum Gasteiger partial charge on any atom is 0.126 e. The van der Waals surface area contributed by atoms with Crippen LogP contribution in [0.15, 0.2) is 54.6 Å². The molecule has 0 radical (unpaired) electrons. The van der Waals surface area contributed by atoms with Gasteiger partial charge in [0.15, 0.2) is 0 Å². The first kappa shape index (κ1) is 16.0. The summed E-state index contributed by atoms with van der Waals surface area (Å²) in [7, 11) is 1.61. The van der Waals surface area contributed by atoms with Crippen LogP contribution in [-0.2, 0) is 0 Å². The summed E-state index contributed by atoms with van der Waals surface area (Å²) in [4.78, 5) is 16.0. The number of nitrogens with zero attached hydrogens (tertiary/aromatic N) is 1. The second-order valence-electron chi connectivity index (χ2n) is 4.96. The van der Waals surface area contributed by atoms with Gasteiger partial charge in [0, 0.05) is 11.1 Å². The Hall–Kier alpha value is -2.92. The standard InChI is InChI=1S/C19H15NO3S/c1-23-15-10-6-5-7-13(15)11-12-16-20-17(18(24-16)19(21)22)14-8-3-2-4-9-14/h2-12H,1H3,(H,21,22)/p-1/b12-11+. The summed E-state index contributed by atoms with van der Waals surface area (Å²) in [6, 6.07) is 16.8. The molecule has 4 nitrogen and oxygen atoms in total. The first-order valence-corrected chi connectivity index (χ1v) is 8.09. The van der Waals surface area contributed by atoms with Gasteiger partial charge in [0.2, 0.25) is 0 Å². The summed E-state index contributed by atoms with van der Waals surface area (Å²) >= 11 is 1.09. The van der Waals surface area contributed by atoms with E-state index >= 15 is 0 Å². The van der Waals surface area contributed by atoms with E-state index in [1.807, 2.05) is 60.7 Å². The molecule has 2 aromatic carbocycles. The fraction of sp³-hybridized carbons (Fsp3) is 0.0526. The third-order valence-corrected chi connectivity index (χ3v) is 4.42. The lowest BCUT2D eigenvalue weighted by atomic mass is 10.1. The highest BCUT2D eigenvalue weighted by atomic mass is 32.1. The molecular formula is C19H14NO3S-. The van der Waals surface area contributed by atoms with E-state index < -0.39 is 5.97 Å². The van der Waals surface area contributed by atoms with E-state index in [9.17, 15) is 9.90 Å². The number of carbonyl (C=O) groups excluding carboxylic acids is 1. The van der Waals surface area contributed by atoms with Gasteiger partial charge in [-0.3, -0.25) is 0 Å². The number of aromatic nitrogens is 1. The molecule has 120 valence electrons. The molecule has 3 rings (SSSR count). The highest BCUT2D eigenvalue weighted by Gasteiger charge is 2.12. The molecule has 0 spiro atoms. The van der Waals surface area contributed by atoms with Crippen molar-refractivity contribution >= 4 is 29.5 Å². The van der Waals surface area contributed by atoms with E-state index in [1.54, 1.807) is 13.2 Å². The van der Waals surface area contributed by atoms with Gasteiger partial charge < -0.3 is 14.6 Å². The van der Waals surface area contributed by atoms with Gasteiger partial charge in [-0.05, 0) is 18.2 Å². The van der Waals surface area contributed by atoms with Crippen molar-refractivity contribution in [2.45, 2.75) is 0 Å². The third-order valence-electron chi connectivity index (χ3n) is 3.42. The van der Waals surface area contributed by atoms with E-state index in [0.717, 1.165) is 28.2 Å². The van der Waals surface area contributed by atoms with Crippen LogP contribution in [0, 0.1) is 0 Å². The molecule has 24 heavy (non-hydrogen) atoms. The van der Waals surface area contributed by atoms with Gasteiger partial charge in [-0.15, -0.1) is 11.3 Å². The molecule has 5 heteroatoms. The zero-order chi connectivity index (χ0) is 16.9. The summed E-state index contributed by atoms with van der Waals surface area (Å²) in [6.07, 6.45) is 3.63. The van der Waals surface area contributed by atoms with Crippen molar-refractivity contribution in [1.29, 1.82) is 0 Å². The topological polar surface area (TPSA) is 62.2 Å². The number of rotatable bonds is 5. The van der Waals surface area contributed by atoms with Crippen molar-refractivity contribution in [3.63, 3.8) is 0 Å². The number of carboxylic acid groups (broad SMARTS) is 1. The minimum absolute atomic E-state index is 0.126. The number of hydrogen-bond acceptors (Lipinski definition) is 5. The second-order valence-corrected chi connectivity index (χ2v) is 5.99. The van der Waals surface area contributed by atoms with E-state index in [1.165, 1.54) is 0 Å². The molecule has 1 aromatic heterocycles. The van der Waals surface area contributed by atoms with Gasteiger partial charge in [0.1, 0.15) is 10.8 Å². The number of aromatic carboxylic acids is 1. The van der Waals surface area contributed by atoms with Crippen molar-refractivity contribution in [3.8, 4) is 17.0 Å². The van der Waals surface area contributed by atoms with Crippen LogP contribution in [-0.4, -0.2) is 18.1 Å². The SMILES string of the molecule is COc1ccccc1/C=C/c1nc(-c2ccccc2)c(C(=O)[O-])s1. The zero-order valence-electron chi connectivity index (χ0n) is 12.9. The molecule has 1 heterocycles. The number of thiazole rings is 1. The Morgan fingerprint density at radius 3 is 2.50 bits per heavy atom. The van der Waals surface area contributed by atoms with Crippen molar-refractivity contribution in [3.05, 3.63) is 70.0 Å². The number of hydrogen-bond donors (Lipinski definition) is 0. The minimum Gasteiger partial charge on any atom is -0.544 e. The Morgan fingerprint density at radius 2 is 1.79 bits per heavy atom. The van der Waals surface area contributed by atoms with Crippen molar-refractivity contribution in [1.82, 2.24) is 4.98 Å². The van der Waals surface area contributed by atoms with Gasteiger partial charge in [-0.2, -0.15) is 0 Å². The lowest BCUT2D eigenvalue weighted by Crippen LogP contribution is -2.21. The third kappa shape index (κ3) is 3.36. The summed E-state index contributed by atoms with van der Waals surface area (Å²) in [6.45, 7) is 0. The van der Waals surface area contributed by atoms with Gasteiger partial charge in [0.05, 0.1) is 23.7 Å². The van der Waals surface area contributed by atoms with Crippen LogP contribution < -0.4 is 9.84 Å². The Bertz CT molecular complexity index is 885. The summed E-state index contributed by atoms with van der Waals surface area (Å²) in [5.74, 6) is -0.475. The van der Waals surface area contributed by atoms with Crippen LogP contribution in [0.2, 0.25) is 0 Å². The van der Waals surface area contributed by atoms with Crippen molar-refractivity contribution in [2.75, 3.05) is 7.11 Å². The van der Waals surface area contributed by atoms with Crippen LogP contribution in [0.5, 0.6) is 5.75 Å². The smallest absolute Gasteiger partial charge is 0.126 e. The lowest BCUT2D eigenvalue weighted by molar-refractivity contribution is -0.254. The Labute approximate surface area is 143 Å². The molecule has 0 amide bonds. The zero-order valence-corrected chi connectivity index (χ0v) is 13.7. The van der Waals surface area contributed by atoms with Crippen molar-refractivity contribution in [2.24, 2.45) is 0 Å². The predicted molar refractivity (Wildman–Crippen MR) is 93.8 cm³/mol. The normalized spacial score (nSPS) is 10.9. The highest BCUT2D eigenvalue weighted by Crippen LogP contribution is 2.29. The first-order chi connectivity index (χ1) is 11.7. The fourth-order valence-electron chi connectivity index (χ4n) is 2.30. The van der Waals surface area contributed by atoms with Gasteiger partial charge in [-0.1, -0.05) is 48.5 Å². The average Bonchev–Trinajstić information content (AvgIpc) is 3.05. The molecule has 0 unspecified atom stereocenters. The molecule has 0 saturated carbocycles. The highest BCUT2D eigenvalue weighted by molar-refractivity contribution is 7.14. The molecule has 0 fully saturated rings. The van der Waals surface area contributed by atoms with Crippen LogP contribution in [0.1, 0.15) is 20.2 Å². The first-order valence-electron chi connectivity index (χ1n) is 7.27. The Morgan fingerprint density at radius 1 is 1.08 bits per heavy atom. The summed E-state index contributed by atoms with van der Waals surface area (Å²) < 4.78 is 5.30. The molecular weight excluding hydrogens is 322 g/mol. The fourth-order valence-corrected chi connectivity index (χ4v) is 3.13. The van der Waals surface area contributed by atoms with Crippen LogP contribution in [0.4, 0.5) is 0 Å². The van der Waals surface area contributed by atoms with E-state index in [-0.39, 0.29) is 4.88 Å². The summed E-state index contributed by atoms with van der Waals surface area (Å²) in [5.41, 5.74) is 2.08. The number of carboxylic acids is 1. The molecule has 0 aliphatic rings. The van der Waals surface area contributed by atoms with Gasteiger partial charge in [-0.25, -0.2) is 4.98 Å². The number of carbonyl (C=O) groups is 1. The Balaban J connectivity index is 1.98. The maximum absolute atomic E-state index is 11.4. The molecule has 0 aliphatic heterocycles. The van der Waals surface area contributed by atoms with Crippen LogP contribution in [0.25, 0.3) is 23.4 Å². The lowest BCUT2D eigenvalue weighted by Gasteiger charge is -2.02. The van der Waals surface area contributed by atoms with Crippen LogP contribution >= 0.6 is 11.3 Å². The minimum atomic E-state index is -1.22. The van der Waals surface area contributed by atoms with Crippen LogP contribution in [0.3, 0.4) is 0 Å². The number of methoxy groups -OCH3 is 1. The van der Waals surface area contributed by atoms with Crippen molar-refractivity contribution < 1.29 is 14.6 Å². The largest absolute Gasteiger partial charge is 0.544 e. The maximum atomic E-state index is 11.4. The average molecular weight is 336 g/mol. The molecule has 0 atom stereocenters. The van der Waals surface area contributed by atoms with Gasteiger partial charge >= 0.3 is 0 Å². The second kappa shape index (κ2) is 7.10. The number of benzene rings is 2. The Kier molecular flexibility index (Phi) is 4.72. The van der Waals surface area contributed by atoms with E-state index in [0.29, 0.717) is 10.7 Å². The monoisotopic (exact) mass is 336 g/mol. The van der Waals surface area contributed by atoms with E-state index in [2.05, 4.69) is 4.98 Å². The predicted octanol–water partition coefficient (Wildman–Crippen LogP) is 3.35. The molecule has 0 bridgehead atoms. The molecule has 3 aromatic rings. The molecule has 0 aliphatic carbocycles.